The van der Waals surface area contributed by atoms with Gasteiger partial charge in [-0.15, -0.1) is 0 Å². The lowest BCUT2D eigenvalue weighted by atomic mass is 10.1. The first-order valence-electron chi connectivity index (χ1n) is 10.0. The molecule has 0 saturated carbocycles. The standard InChI is InChI=1S/C20H29N5O3S/c1-17-14-22-25(15-17)13-5-10-21-20(26)16-29(27,28)23-18-6-8-19(9-7-18)24-11-3-2-4-12-24/h6-9,14-15,23H,2-5,10-13,16H2,1H3,(H,21,26). The third-order valence-electron chi connectivity index (χ3n) is 4.83. The van der Waals surface area contributed by atoms with Crippen LogP contribution in [0.2, 0.25) is 0 Å². The first kappa shape index (κ1) is 21.2. The smallest absolute Gasteiger partial charge is 0.241 e. The van der Waals surface area contributed by atoms with Crippen molar-refractivity contribution in [3.05, 3.63) is 42.2 Å². The number of aryl methyl sites for hydroxylation is 2. The van der Waals surface area contributed by atoms with Crippen LogP contribution in [0.25, 0.3) is 0 Å². The third-order valence-corrected chi connectivity index (χ3v) is 6.02. The average Bonchev–Trinajstić information content (AvgIpc) is 3.11. The number of piperidine rings is 1. The first-order chi connectivity index (χ1) is 13.9. The number of rotatable bonds is 9. The number of hydrogen-bond donors (Lipinski definition) is 2. The van der Waals surface area contributed by atoms with Gasteiger partial charge in [-0.3, -0.25) is 14.2 Å². The summed E-state index contributed by atoms with van der Waals surface area (Å²) in [6, 6.07) is 7.32. The van der Waals surface area contributed by atoms with Crippen molar-refractivity contribution in [3.63, 3.8) is 0 Å². The number of carbonyl (C=O) groups is 1. The van der Waals surface area contributed by atoms with Crippen LogP contribution in [0, 0.1) is 6.92 Å². The van der Waals surface area contributed by atoms with E-state index in [0.717, 1.165) is 24.3 Å². The molecule has 1 saturated heterocycles. The van der Waals surface area contributed by atoms with Gasteiger partial charge in [0.2, 0.25) is 15.9 Å². The van der Waals surface area contributed by atoms with Crippen LogP contribution in [0.15, 0.2) is 36.7 Å². The molecular weight excluding hydrogens is 390 g/mol. The lowest BCUT2D eigenvalue weighted by Gasteiger charge is -2.28. The second-order valence-electron chi connectivity index (χ2n) is 7.44. The number of carbonyl (C=O) groups excluding carboxylic acids is 1. The molecule has 0 atom stereocenters. The van der Waals surface area contributed by atoms with Gasteiger partial charge in [-0.2, -0.15) is 5.10 Å². The van der Waals surface area contributed by atoms with Gasteiger partial charge in [-0.1, -0.05) is 0 Å². The predicted molar refractivity (Wildman–Crippen MR) is 115 cm³/mol. The van der Waals surface area contributed by atoms with Crippen molar-refractivity contribution >= 4 is 27.3 Å². The summed E-state index contributed by atoms with van der Waals surface area (Å²) in [5.74, 6) is -1.11. The molecule has 3 rings (SSSR count). The van der Waals surface area contributed by atoms with Gasteiger partial charge in [0.15, 0.2) is 0 Å². The Kier molecular flexibility index (Phi) is 7.13. The van der Waals surface area contributed by atoms with E-state index in [-0.39, 0.29) is 0 Å². The van der Waals surface area contributed by atoms with E-state index >= 15 is 0 Å². The second-order valence-corrected chi connectivity index (χ2v) is 9.16. The summed E-state index contributed by atoms with van der Waals surface area (Å²) in [4.78, 5) is 14.3. The fourth-order valence-corrected chi connectivity index (χ4v) is 4.40. The molecule has 2 N–H and O–H groups in total. The molecule has 1 fully saturated rings. The predicted octanol–water partition coefficient (Wildman–Crippen LogP) is 2.13. The number of amides is 1. The molecule has 8 nitrogen and oxygen atoms in total. The lowest BCUT2D eigenvalue weighted by molar-refractivity contribution is -0.118. The Labute approximate surface area is 172 Å². The molecule has 0 aliphatic carbocycles. The van der Waals surface area contributed by atoms with Crippen molar-refractivity contribution in [2.75, 3.05) is 35.0 Å². The number of hydrogen-bond acceptors (Lipinski definition) is 5. The van der Waals surface area contributed by atoms with Crippen LogP contribution in [-0.2, 0) is 21.4 Å². The Balaban J connectivity index is 1.42. The summed E-state index contributed by atoms with van der Waals surface area (Å²) in [6.07, 6.45) is 8.01. The molecule has 2 aromatic rings. The number of nitrogens with one attached hydrogen (secondary N) is 2. The molecule has 158 valence electrons. The molecule has 1 aliphatic heterocycles. The minimum absolute atomic E-state index is 0.401. The molecule has 29 heavy (non-hydrogen) atoms. The topological polar surface area (TPSA) is 96.3 Å². The average molecular weight is 420 g/mol. The maximum Gasteiger partial charge on any atom is 0.241 e. The zero-order valence-corrected chi connectivity index (χ0v) is 17.6. The molecule has 0 unspecified atom stereocenters. The summed E-state index contributed by atoms with van der Waals surface area (Å²) < 4.78 is 28.8. The summed E-state index contributed by atoms with van der Waals surface area (Å²) in [7, 11) is -3.75. The molecule has 1 aromatic heterocycles. The lowest BCUT2D eigenvalue weighted by Crippen LogP contribution is -2.33. The minimum Gasteiger partial charge on any atom is -0.372 e. The van der Waals surface area contributed by atoms with E-state index in [1.165, 1.54) is 19.3 Å². The maximum absolute atomic E-state index is 12.3. The Morgan fingerprint density at radius 2 is 1.86 bits per heavy atom. The van der Waals surface area contributed by atoms with Crippen LogP contribution in [0.1, 0.15) is 31.2 Å². The molecule has 0 spiro atoms. The Hall–Kier alpha value is -2.55. The number of nitrogens with zero attached hydrogens (tertiary/aromatic N) is 3. The minimum atomic E-state index is -3.75. The molecule has 2 heterocycles. The second kappa shape index (κ2) is 9.78. The van der Waals surface area contributed by atoms with Crippen LogP contribution in [0.4, 0.5) is 11.4 Å². The zero-order chi connectivity index (χ0) is 20.7. The van der Waals surface area contributed by atoms with Gasteiger partial charge in [-0.05, 0) is 62.4 Å². The number of benzene rings is 1. The summed E-state index contributed by atoms with van der Waals surface area (Å²) in [5, 5.41) is 6.82. The van der Waals surface area contributed by atoms with E-state index in [9.17, 15) is 13.2 Å². The summed E-state index contributed by atoms with van der Waals surface area (Å²) in [6.45, 7) is 5.10. The Bertz CT molecular complexity index is 902. The van der Waals surface area contributed by atoms with Crippen molar-refractivity contribution in [1.82, 2.24) is 15.1 Å². The van der Waals surface area contributed by atoms with Gasteiger partial charge in [0.1, 0.15) is 5.75 Å². The Morgan fingerprint density at radius 3 is 2.52 bits per heavy atom. The van der Waals surface area contributed by atoms with E-state index in [1.807, 2.05) is 25.3 Å². The molecule has 1 amide bonds. The van der Waals surface area contributed by atoms with Crippen LogP contribution in [0.3, 0.4) is 0 Å². The summed E-state index contributed by atoms with van der Waals surface area (Å²) >= 11 is 0. The van der Waals surface area contributed by atoms with Crippen LogP contribution in [0.5, 0.6) is 0 Å². The van der Waals surface area contributed by atoms with Crippen molar-refractivity contribution < 1.29 is 13.2 Å². The van der Waals surface area contributed by atoms with Crippen molar-refractivity contribution in [3.8, 4) is 0 Å². The van der Waals surface area contributed by atoms with Gasteiger partial charge in [-0.25, -0.2) is 8.42 Å². The largest absolute Gasteiger partial charge is 0.372 e. The fraction of sp³-hybridized carbons (Fsp3) is 0.500. The number of anilines is 2. The molecule has 0 radical (unpaired) electrons. The monoisotopic (exact) mass is 419 g/mol. The number of sulfonamides is 1. The van der Waals surface area contributed by atoms with Gasteiger partial charge >= 0.3 is 0 Å². The van der Waals surface area contributed by atoms with E-state index < -0.39 is 21.7 Å². The highest BCUT2D eigenvalue weighted by atomic mass is 32.2. The van der Waals surface area contributed by atoms with Crippen LogP contribution in [-0.4, -0.2) is 49.5 Å². The molecule has 0 bridgehead atoms. The first-order valence-corrected chi connectivity index (χ1v) is 11.7. The number of aromatic nitrogens is 2. The van der Waals surface area contributed by atoms with Crippen molar-refractivity contribution in [2.45, 2.75) is 39.2 Å². The van der Waals surface area contributed by atoms with E-state index in [2.05, 4.69) is 20.0 Å². The highest BCUT2D eigenvalue weighted by Gasteiger charge is 2.17. The maximum atomic E-state index is 12.3. The highest BCUT2D eigenvalue weighted by molar-refractivity contribution is 7.93. The molecular formula is C20H29N5O3S. The van der Waals surface area contributed by atoms with E-state index in [1.54, 1.807) is 23.0 Å². The molecule has 9 heteroatoms. The Morgan fingerprint density at radius 1 is 1.14 bits per heavy atom. The van der Waals surface area contributed by atoms with E-state index in [4.69, 9.17) is 0 Å². The third kappa shape index (κ3) is 6.77. The normalized spacial score (nSPS) is 14.6. The van der Waals surface area contributed by atoms with Crippen LogP contribution >= 0.6 is 0 Å². The van der Waals surface area contributed by atoms with Gasteiger partial charge < -0.3 is 10.2 Å². The quantitative estimate of drug-likeness (QED) is 0.607. The van der Waals surface area contributed by atoms with E-state index in [0.29, 0.717) is 25.2 Å². The zero-order valence-electron chi connectivity index (χ0n) is 16.8. The van der Waals surface area contributed by atoms with Gasteiger partial charge in [0.25, 0.3) is 0 Å². The van der Waals surface area contributed by atoms with Gasteiger partial charge in [0.05, 0.1) is 6.20 Å². The molecule has 1 aromatic carbocycles. The SMILES string of the molecule is Cc1cnn(CCCNC(=O)CS(=O)(=O)Nc2ccc(N3CCCCC3)cc2)c1. The van der Waals surface area contributed by atoms with Crippen LogP contribution < -0.4 is 14.9 Å². The molecule has 1 aliphatic rings. The van der Waals surface area contributed by atoms with Crippen molar-refractivity contribution in [2.24, 2.45) is 0 Å². The highest BCUT2D eigenvalue weighted by Crippen LogP contribution is 2.22. The van der Waals surface area contributed by atoms with Gasteiger partial charge in [0, 0.05) is 43.8 Å². The van der Waals surface area contributed by atoms with Crippen molar-refractivity contribution in [1.29, 1.82) is 0 Å². The summed E-state index contributed by atoms with van der Waals surface area (Å²) in [5.41, 5.74) is 2.64. The fourth-order valence-electron chi connectivity index (χ4n) is 3.39.